The Bertz CT molecular complexity index is 1600. The standard InChI is InChI=1S/C80H149NO8/c1-3-5-7-9-11-13-15-17-19-21-23-25-27-29-31-32-33-34-35-36-37-38-39-40-41-42-44-46-48-50-52-54-56-58-60-62-64-66-68-70-76(84)81-73(72-88-80-79(87)78(86)77(85)75(71-82)89-80)74(83)69-67-65-63-61-59-57-55-53-51-49-47-45-43-30-28-26-24-22-20-18-16-14-12-10-8-6-4-2/h5,7,11,13,17,19,23,25,67,69,73-75,77-80,82-83,85-87H,3-4,6,8-10,12,14-16,18,20-22,24,26-66,68,70-72H2,1-2H3,(H,81,84)/b7-5-,13-11-,19-17-,25-23-,69-67+. The number of amides is 1. The van der Waals surface area contributed by atoms with Crippen LogP contribution in [0.4, 0.5) is 0 Å². The number of aliphatic hydroxyl groups is 5. The number of hydrogen-bond donors (Lipinski definition) is 6. The zero-order chi connectivity index (χ0) is 64.2. The van der Waals surface area contributed by atoms with Gasteiger partial charge in [0.15, 0.2) is 6.29 Å². The zero-order valence-electron chi connectivity index (χ0n) is 58.7. The summed E-state index contributed by atoms with van der Waals surface area (Å²) >= 11 is 0. The van der Waals surface area contributed by atoms with Crippen LogP contribution >= 0.6 is 0 Å². The zero-order valence-corrected chi connectivity index (χ0v) is 58.7. The Morgan fingerprint density at radius 2 is 0.697 bits per heavy atom. The number of carbonyl (C=O) groups is 1. The lowest BCUT2D eigenvalue weighted by molar-refractivity contribution is -0.302. The number of aliphatic hydroxyl groups excluding tert-OH is 5. The maximum atomic E-state index is 13.2. The lowest BCUT2D eigenvalue weighted by Crippen LogP contribution is -2.60. The minimum absolute atomic E-state index is 0.169. The Morgan fingerprint density at radius 3 is 1.03 bits per heavy atom. The molecular formula is C80H149NO8. The lowest BCUT2D eigenvalue weighted by Gasteiger charge is -2.40. The maximum Gasteiger partial charge on any atom is 0.220 e. The first-order valence-corrected chi connectivity index (χ1v) is 39.0. The summed E-state index contributed by atoms with van der Waals surface area (Å²) in [6, 6.07) is -0.806. The van der Waals surface area contributed by atoms with E-state index in [0.717, 1.165) is 64.2 Å². The lowest BCUT2D eigenvalue weighted by atomic mass is 9.99. The fourth-order valence-electron chi connectivity index (χ4n) is 12.6. The van der Waals surface area contributed by atoms with Crippen molar-refractivity contribution < 1.29 is 39.8 Å². The first kappa shape index (κ1) is 84.9. The van der Waals surface area contributed by atoms with E-state index >= 15 is 0 Å². The molecule has 1 aliphatic heterocycles. The molecule has 6 N–H and O–H groups in total. The molecule has 0 aromatic rings. The third-order valence-corrected chi connectivity index (χ3v) is 18.6. The average Bonchev–Trinajstić information content (AvgIpc) is 2.42. The molecule has 1 fully saturated rings. The molecular weight excluding hydrogens is 1100 g/mol. The van der Waals surface area contributed by atoms with Crippen molar-refractivity contribution in [1.29, 1.82) is 0 Å². The van der Waals surface area contributed by atoms with E-state index in [4.69, 9.17) is 9.47 Å². The van der Waals surface area contributed by atoms with Crippen molar-refractivity contribution in [2.75, 3.05) is 13.2 Å². The third-order valence-electron chi connectivity index (χ3n) is 18.6. The van der Waals surface area contributed by atoms with Gasteiger partial charge < -0.3 is 40.3 Å². The molecule has 0 aromatic heterocycles. The first-order chi connectivity index (χ1) is 43.8. The molecule has 89 heavy (non-hydrogen) atoms. The molecule has 7 atom stereocenters. The largest absolute Gasteiger partial charge is 0.394 e. The quantitative estimate of drug-likeness (QED) is 0.0261. The molecule has 0 bridgehead atoms. The van der Waals surface area contributed by atoms with E-state index in [0.29, 0.717) is 6.42 Å². The fraction of sp³-hybridized carbons (Fsp3) is 0.863. The van der Waals surface area contributed by atoms with Crippen LogP contribution in [0.3, 0.4) is 0 Å². The van der Waals surface area contributed by atoms with Crippen LogP contribution in [0.15, 0.2) is 60.8 Å². The second-order valence-corrected chi connectivity index (χ2v) is 27.1. The molecule has 9 heteroatoms. The molecule has 1 saturated heterocycles. The van der Waals surface area contributed by atoms with Gasteiger partial charge in [-0.2, -0.15) is 0 Å². The van der Waals surface area contributed by atoms with Crippen molar-refractivity contribution in [3.8, 4) is 0 Å². The van der Waals surface area contributed by atoms with Gasteiger partial charge in [0.25, 0.3) is 0 Å². The van der Waals surface area contributed by atoms with E-state index < -0.39 is 49.5 Å². The summed E-state index contributed by atoms with van der Waals surface area (Å²) in [5, 5.41) is 54.9. The number of hydrogen-bond acceptors (Lipinski definition) is 8. The monoisotopic (exact) mass is 1250 g/mol. The Morgan fingerprint density at radius 1 is 0.393 bits per heavy atom. The van der Waals surface area contributed by atoms with Gasteiger partial charge in [-0.3, -0.25) is 4.79 Å². The highest BCUT2D eigenvalue weighted by Gasteiger charge is 2.44. The molecule has 1 rings (SSSR count). The van der Waals surface area contributed by atoms with Crippen LogP contribution in [-0.2, 0) is 14.3 Å². The predicted octanol–water partition coefficient (Wildman–Crippen LogP) is 22.1. The number of nitrogens with one attached hydrogen (secondary N) is 1. The van der Waals surface area contributed by atoms with Crippen LogP contribution < -0.4 is 5.32 Å². The smallest absolute Gasteiger partial charge is 0.220 e. The summed E-state index contributed by atoms with van der Waals surface area (Å²) in [5.41, 5.74) is 0. The Hall–Kier alpha value is -2.11. The fourth-order valence-corrected chi connectivity index (χ4v) is 12.6. The summed E-state index contributed by atoms with van der Waals surface area (Å²) in [7, 11) is 0. The van der Waals surface area contributed by atoms with Crippen LogP contribution in [0.2, 0.25) is 0 Å². The second kappa shape index (κ2) is 68.7. The third kappa shape index (κ3) is 57.1. The van der Waals surface area contributed by atoms with Crippen molar-refractivity contribution in [3.05, 3.63) is 60.8 Å². The highest BCUT2D eigenvalue weighted by Crippen LogP contribution is 2.24. The van der Waals surface area contributed by atoms with E-state index in [-0.39, 0.29) is 12.5 Å². The molecule has 9 nitrogen and oxygen atoms in total. The number of ether oxygens (including phenoxy) is 2. The maximum absolute atomic E-state index is 13.2. The molecule has 0 aromatic carbocycles. The molecule has 1 aliphatic rings. The van der Waals surface area contributed by atoms with Gasteiger partial charge in [0.1, 0.15) is 24.4 Å². The van der Waals surface area contributed by atoms with Crippen molar-refractivity contribution in [3.63, 3.8) is 0 Å². The van der Waals surface area contributed by atoms with Crippen LogP contribution in [-0.4, -0.2) is 87.5 Å². The van der Waals surface area contributed by atoms with Crippen molar-refractivity contribution in [1.82, 2.24) is 5.32 Å². The molecule has 0 spiro atoms. The Balaban J connectivity index is 2.05. The summed E-state index contributed by atoms with van der Waals surface area (Å²) in [4.78, 5) is 13.2. The highest BCUT2D eigenvalue weighted by molar-refractivity contribution is 5.76. The van der Waals surface area contributed by atoms with Crippen LogP contribution in [0.25, 0.3) is 0 Å². The number of carbonyl (C=O) groups excluding carboxylic acids is 1. The van der Waals surface area contributed by atoms with E-state index in [1.165, 1.54) is 302 Å². The molecule has 0 aliphatic carbocycles. The SMILES string of the molecule is CC/C=C\C/C=C\C/C=C\C/C=C\CCCCCCCCCCCCCCCCCCCCCCCCCCCCC(=O)NC(COC1OC(CO)C(O)C(O)C1O)C(O)/C=C/CCCCCCCCCCCCCCCCCCCCCCCCCCC. The topological polar surface area (TPSA) is 149 Å². The highest BCUT2D eigenvalue weighted by atomic mass is 16.7. The van der Waals surface area contributed by atoms with Gasteiger partial charge in [0.2, 0.25) is 5.91 Å². The predicted molar refractivity (Wildman–Crippen MR) is 382 cm³/mol. The summed E-state index contributed by atoms with van der Waals surface area (Å²) in [5.74, 6) is -0.169. The van der Waals surface area contributed by atoms with Gasteiger partial charge in [0, 0.05) is 6.42 Å². The van der Waals surface area contributed by atoms with Crippen LogP contribution in [0.1, 0.15) is 386 Å². The van der Waals surface area contributed by atoms with Crippen molar-refractivity contribution in [2.24, 2.45) is 0 Å². The summed E-state index contributed by atoms with van der Waals surface area (Å²) < 4.78 is 11.3. The van der Waals surface area contributed by atoms with E-state index in [9.17, 15) is 30.3 Å². The summed E-state index contributed by atoms with van der Waals surface area (Å²) in [6.07, 6.45) is 89.4. The molecule has 522 valence electrons. The molecule has 1 amide bonds. The average molecular weight is 1250 g/mol. The first-order valence-electron chi connectivity index (χ1n) is 39.0. The van der Waals surface area contributed by atoms with Crippen LogP contribution in [0.5, 0.6) is 0 Å². The molecule has 7 unspecified atom stereocenters. The molecule has 0 radical (unpaired) electrons. The van der Waals surface area contributed by atoms with Gasteiger partial charge in [-0.25, -0.2) is 0 Å². The minimum Gasteiger partial charge on any atom is -0.394 e. The summed E-state index contributed by atoms with van der Waals surface area (Å²) in [6.45, 7) is 3.72. The van der Waals surface area contributed by atoms with E-state index in [2.05, 4.69) is 67.8 Å². The number of rotatable bonds is 69. The second-order valence-electron chi connectivity index (χ2n) is 27.1. The number of allylic oxidation sites excluding steroid dienone is 9. The Labute approximate surface area is 551 Å². The number of unbranched alkanes of at least 4 members (excludes halogenated alkanes) is 51. The van der Waals surface area contributed by atoms with Crippen molar-refractivity contribution in [2.45, 2.75) is 429 Å². The van der Waals surface area contributed by atoms with Gasteiger partial charge >= 0.3 is 0 Å². The van der Waals surface area contributed by atoms with E-state index in [1.54, 1.807) is 6.08 Å². The van der Waals surface area contributed by atoms with Crippen LogP contribution in [0, 0.1) is 0 Å². The van der Waals surface area contributed by atoms with Gasteiger partial charge in [-0.05, 0) is 57.8 Å². The van der Waals surface area contributed by atoms with Gasteiger partial charge in [0.05, 0.1) is 25.4 Å². The van der Waals surface area contributed by atoms with E-state index in [1.807, 2.05) is 6.08 Å². The van der Waals surface area contributed by atoms with Gasteiger partial charge in [-0.1, -0.05) is 383 Å². The van der Waals surface area contributed by atoms with Crippen molar-refractivity contribution >= 4 is 5.91 Å². The minimum atomic E-state index is -1.57. The Kier molecular flexibility index (Phi) is 65.6. The normalized spacial score (nSPS) is 18.1. The van der Waals surface area contributed by atoms with Gasteiger partial charge in [-0.15, -0.1) is 0 Å². The molecule has 0 saturated carbocycles. The molecule has 1 heterocycles.